The molecule has 15 heteroatoms. The van der Waals surface area contributed by atoms with E-state index in [1.807, 2.05) is 41.3 Å². The van der Waals surface area contributed by atoms with Crippen LogP contribution < -0.4 is 30.9 Å². The number of hydrogen-bond donors (Lipinski definition) is 4. The van der Waals surface area contributed by atoms with E-state index in [0.29, 0.717) is 91.0 Å². The van der Waals surface area contributed by atoms with Gasteiger partial charge in [-0.2, -0.15) is 4.98 Å². The highest BCUT2D eigenvalue weighted by atomic mass is 35.5. The van der Waals surface area contributed by atoms with E-state index in [-0.39, 0.29) is 23.5 Å². The number of piperidine rings is 2. The van der Waals surface area contributed by atoms with Crippen LogP contribution in [0, 0.1) is 0 Å². The molecule has 14 nitrogen and oxygen atoms in total. The van der Waals surface area contributed by atoms with Crippen molar-refractivity contribution in [3.8, 4) is 5.75 Å². The molecule has 3 saturated heterocycles. The molecule has 4 aromatic rings. The van der Waals surface area contributed by atoms with Gasteiger partial charge in [-0.15, -0.1) is 0 Å². The zero-order chi connectivity index (χ0) is 39.2. The Hall–Kier alpha value is -5.73. The first kappa shape index (κ1) is 38.5. The summed E-state index contributed by atoms with van der Waals surface area (Å²) in [5, 5.41) is 12.4. The first-order chi connectivity index (χ1) is 27.1. The number of anilines is 6. The SMILES string of the molecule is COc1cc(N2CCN(C(=O)CN3CCC(c4ccc(NC5CCC(=O)NC5=O)cc4)CC3)CC2)ccc1Nc1ncc(Cl)c(Nc2cccc(C(C)=O)c2)n1. The molecule has 0 saturated carbocycles. The van der Waals surface area contributed by atoms with Gasteiger partial charge < -0.3 is 30.5 Å². The molecule has 1 unspecified atom stereocenters. The van der Waals surface area contributed by atoms with Gasteiger partial charge in [-0.1, -0.05) is 35.9 Å². The van der Waals surface area contributed by atoms with Crippen LogP contribution in [0.5, 0.6) is 5.75 Å². The van der Waals surface area contributed by atoms with Gasteiger partial charge in [0.2, 0.25) is 23.7 Å². The summed E-state index contributed by atoms with van der Waals surface area (Å²) in [4.78, 5) is 64.1. The number of benzene rings is 3. The number of imide groups is 1. The maximum absolute atomic E-state index is 13.4. The smallest absolute Gasteiger partial charge is 0.249 e. The van der Waals surface area contributed by atoms with E-state index in [4.69, 9.17) is 16.3 Å². The largest absolute Gasteiger partial charge is 0.494 e. The lowest BCUT2D eigenvalue weighted by Crippen LogP contribution is -2.51. The standard InChI is InChI=1S/C41H46ClN9O5/c1-26(52)29-4-3-5-31(22-29)45-39-33(42)24-43-41(48-39)46-34-11-10-32(23-36(34)56-2)50-18-20-51(21-19-50)38(54)25-49-16-14-28(15-17-49)27-6-8-30(9-7-27)44-35-12-13-37(53)47-40(35)55/h3-11,22-24,28,35,44H,12-21,25H2,1-2H3,(H,47,53,55)(H2,43,45,46,48). The number of Topliss-reactive ketones (excluding diaryl/α,β-unsaturated/α-hetero) is 1. The molecule has 0 bridgehead atoms. The highest BCUT2D eigenvalue weighted by Gasteiger charge is 2.28. The molecule has 4 N–H and O–H groups in total. The van der Waals surface area contributed by atoms with Crippen molar-refractivity contribution in [1.29, 1.82) is 0 Å². The molecule has 3 aliphatic heterocycles. The minimum Gasteiger partial charge on any atom is -0.494 e. The zero-order valence-electron chi connectivity index (χ0n) is 31.5. The maximum atomic E-state index is 13.4. The number of piperazine rings is 1. The number of aromatic nitrogens is 2. The van der Waals surface area contributed by atoms with Gasteiger partial charge in [-0.3, -0.25) is 29.4 Å². The van der Waals surface area contributed by atoms with Crippen molar-refractivity contribution >= 4 is 69.6 Å². The number of amides is 3. The summed E-state index contributed by atoms with van der Waals surface area (Å²) in [6.07, 6.45) is 4.30. The summed E-state index contributed by atoms with van der Waals surface area (Å²) >= 11 is 6.40. The van der Waals surface area contributed by atoms with Crippen molar-refractivity contribution in [2.45, 2.75) is 44.6 Å². The van der Waals surface area contributed by atoms with Crippen molar-refractivity contribution in [2.24, 2.45) is 0 Å². The predicted octanol–water partition coefficient (Wildman–Crippen LogP) is 5.57. The van der Waals surface area contributed by atoms with Crippen LogP contribution in [-0.4, -0.2) is 102 Å². The van der Waals surface area contributed by atoms with E-state index < -0.39 is 6.04 Å². The van der Waals surface area contributed by atoms with Gasteiger partial charge in [0, 0.05) is 61.3 Å². The van der Waals surface area contributed by atoms with Crippen LogP contribution in [0.1, 0.15) is 54.4 Å². The molecule has 3 fully saturated rings. The van der Waals surface area contributed by atoms with Gasteiger partial charge in [0.25, 0.3) is 0 Å². The number of ketones is 1. The third-order valence-electron chi connectivity index (χ3n) is 10.6. The van der Waals surface area contributed by atoms with Crippen LogP contribution in [-0.2, 0) is 14.4 Å². The molecule has 3 aromatic carbocycles. The van der Waals surface area contributed by atoms with Crippen LogP contribution >= 0.6 is 11.6 Å². The molecule has 1 atom stereocenters. The summed E-state index contributed by atoms with van der Waals surface area (Å²) in [5.41, 5.74) is 5.05. The maximum Gasteiger partial charge on any atom is 0.249 e. The molecule has 4 heterocycles. The minimum absolute atomic E-state index is 0.0378. The molecular formula is C41H46ClN9O5. The molecule has 56 heavy (non-hydrogen) atoms. The number of methoxy groups -OCH3 is 1. The average molecular weight is 780 g/mol. The number of carbonyl (C=O) groups excluding carboxylic acids is 4. The van der Waals surface area contributed by atoms with Crippen molar-refractivity contribution in [3.63, 3.8) is 0 Å². The Balaban J connectivity index is 0.871. The Bertz CT molecular complexity index is 2080. The van der Waals surface area contributed by atoms with Gasteiger partial charge in [0.05, 0.1) is 25.5 Å². The van der Waals surface area contributed by atoms with E-state index >= 15 is 0 Å². The quantitative estimate of drug-likeness (QED) is 0.105. The van der Waals surface area contributed by atoms with E-state index in [2.05, 4.69) is 53.2 Å². The van der Waals surface area contributed by atoms with Gasteiger partial charge in [0.15, 0.2) is 11.6 Å². The summed E-state index contributed by atoms with van der Waals surface area (Å²) in [5.74, 6) is 1.37. The van der Waals surface area contributed by atoms with Gasteiger partial charge >= 0.3 is 0 Å². The molecule has 292 valence electrons. The zero-order valence-corrected chi connectivity index (χ0v) is 32.3. The second kappa shape index (κ2) is 17.4. The Kier molecular flexibility index (Phi) is 12.0. The number of ether oxygens (including phenoxy) is 1. The van der Waals surface area contributed by atoms with Crippen LogP contribution in [0.4, 0.5) is 34.5 Å². The number of nitrogens with zero attached hydrogens (tertiary/aromatic N) is 5. The lowest BCUT2D eigenvalue weighted by molar-refractivity contribution is -0.134. The van der Waals surface area contributed by atoms with E-state index in [1.165, 1.54) is 18.7 Å². The van der Waals surface area contributed by atoms with E-state index in [9.17, 15) is 19.2 Å². The number of likely N-dealkylation sites (tertiary alicyclic amines) is 1. The van der Waals surface area contributed by atoms with Gasteiger partial charge in [-0.25, -0.2) is 4.98 Å². The molecule has 7 rings (SSSR count). The average Bonchev–Trinajstić information content (AvgIpc) is 3.21. The highest BCUT2D eigenvalue weighted by Crippen LogP contribution is 2.34. The molecule has 1 aromatic heterocycles. The summed E-state index contributed by atoms with van der Waals surface area (Å²) < 4.78 is 5.74. The Labute approximate surface area is 331 Å². The first-order valence-electron chi connectivity index (χ1n) is 18.9. The second-order valence-corrected chi connectivity index (χ2v) is 14.8. The van der Waals surface area contributed by atoms with Crippen LogP contribution in [0.15, 0.2) is 72.9 Å². The molecular weight excluding hydrogens is 734 g/mol. The van der Waals surface area contributed by atoms with Gasteiger partial charge in [-0.05, 0) is 87.2 Å². The molecule has 0 radical (unpaired) electrons. The van der Waals surface area contributed by atoms with Crippen molar-refractivity contribution in [3.05, 3.63) is 89.1 Å². The summed E-state index contributed by atoms with van der Waals surface area (Å²) in [6.45, 7) is 6.35. The molecule has 3 amide bonds. The number of hydrogen-bond acceptors (Lipinski definition) is 12. The molecule has 0 aliphatic carbocycles. The van der Waals surface area contributed by atoms with Gasteiger partial charge in [0.1, 0.15) is 16.8 Å². The minimum atomic E-state index is -0.400. The lowest BCUT2D eigenvalue weighted by Gasteiger charge is -2.38. The fourth-order valence-electron chi connectivity index (χ4n) is 7.38. The number of carbonyl (C=O) groups is 4. The molecule has 3 aliphatic rings. The summed E-state index contributed by atoms with van der Waals surface area (Å²) in [6, 6.07) is 20.8. The third-order valence-corrected chi connectivity index (χ3v) is 10.9. The highest BCUT2D eigenvalue weighted by molar-refractivity contribution is 6.33. The molecule has 0 spiro atoms. The van der Waals surface area contributed by atoms with Crippen LogP contribution in [0.3, 0.4) is 0 Å². The lowest BCUT2D eigenvalue weighted by atomic mass is 9.89. The van der Waals surface area contributed by atoms with Crippen molar-refractivity contribution in [2.75, 3.05) is 73.8 Å². The Morgan fingerprint density at radius 3 is 2.39 bits per heavy atom. The Morgan fingerprint density at radius 2 is 1.68 bits per heavy atom. The number of halogens is 1. The topological polar surface area (TPSA) is 161 Å². The van der Waals surface area contributed by atoms with Crippen molar-refractivity contribution in [1.82, 2.24) is 25.1 Å². The first-order valence-corrected chi connectivity index (χ1v) is 19.3. The van der Waals surface area contributed by atoms with E-state index in [0.717, 1.165) is 37.3 Å². The Morgan fingerprint density at radius 1 is 0.911 bits per heavy atom. The fourth-order valence-corrected chi connectivity index (χ4v) is 7.52. The van der Waals surface area contributed by atoms with Crippen LogP contribution in [0.2, 0.25) is 5.02 Å². The summed E-state index contributed by atoms with van der Waals surface area (Å²) in [7, 11) is 1.61. The van der Waals surface area contributed by atoms with Crippen molar-refractivity contribution < 1.29 is 23.9 Å². The number of nitrogens with one attached hydrogen (secondary N) is 4. The van der Waals surface area contributed by atoms with Crippen LogP contribution in [0.25, 0.3) is 0 Å². The third kappa shape index (κ3) is 9.37. The monoisotopic (exact) mass is 779 g/mol. The second-order valence-electron chi connectivity index (χ2n) is 14.4. The fraction of sp³-hybridized carbons (Fsp3) is 0.366. The number of rotatable bonds is 12. The van der Waals surface area contributed by atoms with E-state index in [1.54, 1.807) is 25.3 Å². The normalized spacial score (nSPS) is 17.9. The predicted molar refractivity (Wildman–Crippen MR) is 216 cm³/mol.